The highest BCUT2D eigenvalue weighted by molar-refractivity contribution is 5.32. The molecule has 0 amide bonds. The van der Waals surface area contributed by atoms with E-state index in [0.29, 0.717) is 0 Å². The van der Waals surface area contributed by atoms with Crippen LogP contribution in [0.1, 0.15) is 51.2 Å². The number of nitrogens with zero attached hydrogens (tertiary/aromatic N) is 1. The Balaban J connectivity index is 2.69. The van der Waals surface area contributed by atoms with Gasteiger partial charge in [0, 0.05) is 12.1 Å². The summed E-state index contributed by atoms with van der Waals surface area (Å²) in [7, 11) is 0. The highest BCUT2D eigenvalue weighted by Gasteiger charge is 2.22. The molecule has 1 N–H and O–H groups in total. The molecule has 2 heteroatoms. The van der Waals surface area contributed by atoms with E-state index >= 15 is 0 Å². The Hall–Kier alpha value is -1.33. The molecule has 1 rings (SSSR count). The molecule has 0 aliphatic carbocycles. The van der Waals surface area contributed by atoms with Gasteiger partial charge in [0.05, 0.1) is 11.6 Å². The molecule has 0 saturated carbocycles. The van der Waals surface area contributed by atoms with Crippen molar-refractivity contribution in [1.82, 2.24) is 5.32 Å². The molecule has 0 radical (unpaired) electrons. The zero-order valence-electron chi connectivity index (χ0n) is 11.1. The van der Waals surface area contributed by atoms with Crippen LogP contribution in [0.2, 0.25) is 0 Å². The highest BCUT2D eigenvalue weighted by Crippen LogP contribution is 2.20. The van der Waals surface area contributed by atoms with Crippen molar-refractivity contribution >= 4 is 0 Å². The summed E-state index contributed by atoms with van der Waals surface area (Å²) in [6.07, 6.45) is 3.41. The number of hydrogen-bond acceptors (Lipinski definition) is 2. The topological polar surface area (TPSA) is 35.8 Å². The minimum Gasteiger partial charge on any atom is -0.307 e. The first-order chi connectivity index (χ1) is 8.19. The van der Waals surface area contributed by atoms with Gasteiger partial charge in [-0.25, -0.2) is 0 Å². The third kappa shape index (κ3) is 3.57. The molecule has 0 fully saturated rings. The summed E-state index contributed by atoms with van der Waals surface area (Å²) < 4.78 is 0. The van der Waals surface area contributed by atoms with Crippen molar-refractivity contribution in [3.63, 3.8) is 0 Å². The molecule has 0 aromatic heterocycles. The van der Waals surface area contributed by atoms with Crippen LogP contribution in [0, 0.1) is 11.3 Å². The van der Waals surface area contributed by atoms with E-state index < -0.39 is 0 Å². The van der Waals surface area contributed by atoms with E-state index in [1.54, 1.807) is 0 Å². The maximum absolute atomic E-state index is 8.86. The summed E-state index contributed by atoms with van der Waals surface area (Å²) in [6.45, 7) is 7.52. The molecule has 0 spiro atoms. The van der Waals surface area contributed by atoms with Gasteiger partial charge in [-0.2, -0.15) is 5.26 Å². The predicted octanol–water partition coefficient (Wildman–Crippen LogP) is 3.62. The van der Waals surface area contributed by atoms with Crippen molar-refractivity contribution in [2.24, 2.45) is 0 Å². The molecule has 2 nitrogen and oxygen atoms in total. The molecule has 0 atom stereocenters. The van der Waals surface area contributed by atoms with Crippen LogP contribution in [0.25, 0.3) is 0 Å². The van der Waals surface area contributed by atoms with E-state index in [1.165, 1.54) is 5.56 Å². The van der Waals surface area contributed by atoms with Crippen LogP contribution in [0.4, 0.5) is 0 Å². The van der Waals surface area contributed by atoms with E-state index in [0.717, 1.165) is 31.4 Å². The lowest BCUT2D eigenvalue weighted by Crippen LogP contribution is -2.43. The van der Waals surface area contributed by atoms with Gasteiger partial charge in [0.15, 0.2) is 0 Å². The standard InChI is InChI=1S/C15H22N2/c1-4-15(5-2,6-3)17-12-14-9-7-8-13(10-14)11-16/h7-10,17H,4-6,12H2,1-3H3. The minimum atomic E-state index is 0.239. The van der Waals surface area contributed by atoms with Crippen molar-refractivity contribution in [2.75, 3.05) is 0 Å². The normalized spacial score (nSPS) is 11.2. The highest BCUT2D eigenvalue weighted by atomic mass is 15.0. The van der Waals surface area contributed by atoms with Crippen molar-refractivity contribution in [3.8, 4) is 6.07 Å². The van der Waals surface area contributed by atoms with E-state index in [1.807, 2.05) is 18.2 Å². The van der Waals surface area contributed by atoms with E-state index in [4.69, 9.17) is 5.26 Å². The van der Waals surface area contributed by atoms with Crippen LogP contribution >= 0.6 is 0 Å². The second kappa shape index (κ2) is 6.42. The van der Waals surface area contributed by atoms with Crippen LogP contribution in [-0.2, 0) is 6.54 Å². The first-order valence-electron chi connectivity index (χ1n) is 6.43. The number of nitrogens with one attached hydrogen (secondary N) is 1. The lowest BCUT2D eigenvalue weighted by molar-refractivity contribution is 0.288. The Morgan fingerprint density at radius 3 is 2.35 bits per heavy atom. The molecular formula is C15H22N2. The van der Waals surface area contributed by atoms with Gasteiger partial charge in [-0.1, -0.05) is 32.9 Å². The number of rotatable bonds is 6. The van der Waals surface area contributed by atoms with Gasteiger partial charge in [0.25, 0.3) is 0 Å². The fourth-order valence-electron chi connectivity index (χ4n) is 2.17. The molecule has 0 bridgehead atoms. The first kappa shape index (κ1) is 13.7. The summed E-state index contributed by atoms with van der Waals surface area (Å²) >= 11 is 0. The summed E-state index contributed by atoms with van der Waals surface area (Å²) in [5.41, 5.74) is 2.16. The third-order valence-electron chi connectivity index (χ3n) is 3.75. The molecule has 1 aromatic carbocycles. The minimum absolute atomic E-state index is 0.239. The second-order valence-electron chi connectivity index (χ2n) is 4.51. The molecule has 17 heavy (non-hydrogen) atoms. The molecule has 0 aliphatic rings. The average Bonchev–Trinajstić information content (AvgIpc) is 2.41. The molecule has 0 aliphatic heterocycles. The summed E-state index contributed by atoms with van der Waals surface area (Å²) in [4.78, 5) is 0. The van der Waals surface area contributed by atoms with Gasteiger partial charge in [0.1, 0.15) is 0 Å². The fraction of sp³-hybridized carbons (Fsp3) is 0.533. The quantitative estimate of drug-likeness (QED) is 0.810. The SMILES string of the molecule is CCC(CC)(CC)NCc1cccc(C#N)c1. The van der Waals surface area contributed by atoms with Gasteiger partial charge in [0.2, 0.25) is 0 Å². The smallest absolute Gasteiger partial charge is 0.0991 e. The zero-order valence-corrected chi connectivity index (χ0v) is 11.1. The largest absolute Gasteiger partial charge is 0.307 e. The van der Waals surface area contributed by atoms with Crippen LogP contribution in [0.5, 0.6) is 0 Å². The van der Waals surface area contributed by atoms with E-state index in [9.17, 15) is 0 Å². The lowest BCUT2D eigenvalue weighted by Gasteiger charge is -2.32. The number of benzene rings is 1. The average molecular weight is 230 g/mol. The monoisotopic (exact) mass is 230 g/mol. The van der Waals surface area contributed by atoms with E-state index in [2.05, 4.69) is 38.2 Å². The number of nitriles is 1. The van der Waals surface area contributed by atoms with Crippen molar-refractivity contribution in [2.45, 2.75) is 52.1 Å². The molecule has 92 valence electrons. The lowest BCUT2D eigenvalue weighted by atomic mass is 9.89. The maximum Gasteiger partial charge on any atom is 0.0991 e. The molecule has 1 aromatic rings. The Labute approximate surface area is 105 Å². The van der Waals surface area contributed by atoms with Crippen molar-refractivity contribution in [3.05, 3.63) is 35.4 Å². The van der Waals surface area contributed by atoms with Crippen LogP contribution < -0.4 is 5.32 Å². The Morgan fingerprint density at radius 1 is 1.18 bits per heavy atom. The Kier molecular flexibility index (Phi) is 5.18. The second-order valence-corrected chi connectivity index (χ2v) is 4.51. The molecule has 0 heterocycles. The summed E-state index contributed by atoms with van der Waals surface area (Å²) in [6, 6.07) is 9.99. The third-order valence-corrected chi connectivity index (χ3v) is 3.75. The molecular weight excluding hydrogens is 208 g/mol. The van der Waals surface area contributed by atoms with Crippen LogP contribution in [0.15, 0.2) is 24.3 Å². The summed E-state index contributed by atoms with van der Waals surface area (Å²) in [5, 5.41) is 12.5. The number of hydrogen-bond donors (Lipinski definition) is 1. The van der Waals surface area contributed by atoms with Gasteiger partial charge < -0.3 is 5.32 Å². The molecule has 0 saturated heterocycles. The fourth-order valence-corrected chi connectivity index (χ4v) is 2.17. The van der Waals surface area contributed by atoms with Gasteiger partial charge in [-0.15, -0.1) is 0 Å². The maximum atomic E-state index is 8.86. The van der Waals surface area contributed by atoms with E-state index in [-0.39, 0.29) is 5.54 Å². The van der Waals surface area contributed by atoms with Crippen LogP contribution in [0.3, 0.4) is 0 Å². The zero-order chi connectivity index (χ0) is 12.7. The van der Waals surface area contributed by atoms with Crippen molar-refractivity contribution in [1.29, 1.82) is 5.26 Å². The Bertz CT molecular complexity index is 378. The Morgan fingerprint density at radius 2 is 1.82 bits per heavy atom. The van der Waals surface area contributed by atoms with Crippen LogP contribution in [-0.4, -0.2) is 5.54 Å². The van der Waals surface area contributed by atoms with Crippen molar-refractivity contribution < 1.29 is 0 Å². The first-order valence-corrected chi connectivity index (χ1v) is 6.43. The van der Waals surface area contributed by atoms with Gasteiger partial charge >= 0.3 is 0 Å². The summed E-state index contributed by atoms with van der Waals surface area (Å²) in [5.74, 6) is 0. The van der Waals surface area contributed by atoms with Gasteiger partial charge in [-0.05, 0) is 37.0 Å². The van der Waals surface area contributed by atoms with Gasteiger partial charge in [-0.3, -0.25) is 0 Å². The molecule has 0 unspecified atom stereocenters. The predicted molar refractivity (Wildman–Crippen MR) is 71.6 cm³/mol.